The van der Waals surface area contributed by atoms with Crippen LogP contribution in [0.3, 0.4) is 0 Å². The van der Waals surface area contributed by atoms with Gasteiger partial charge in [0, 0.05) is 24.1 Å². The smallest absolute Gasteiger partial charge is 0.249 e. The SMILES string of the molecule is CS(=O)(=O)CC(=O)Nc1nc2ccc(-c3cc(F)cc(F)c3)cn2n1. The van der Waals surface area contributed by atoms with Gasteiger partial charge in [-0.3, -0.25) is 10.1 Å². The summed E-state index contributed by atoms with van der Waals surface area (Å²) in [6, 6.07) is 6.27. The molecule has 130 valence electrons. The van der Waals surface area contributed by atoms with Crippen molar-refractivity contribution in [1.82, 2.24) is 14.6 Å². The Morgan fingerprint density at radius 1 is 1.16 bits per heavy atom. The fourth-order valence-electron chi connectivity index (χ4n) is 2.23. The van der Waals surface area contributed by atoms with Crippen LogP contribution < -0.4 is 5.32 Å². The molecule has 0 fully saturated rings. The second-order valence-corrected chi connectivity index (χ2v) is 7.57. The number of carbonyl (C=O) groups excluding carboxylic acids is 1. The highest BCUT2D eigenvalue weighted by Gasteiger charge is 2.14. The number of fused-ring (bicyclic) bond motifs is 1. The minimum absolute atomic E-state index is 0.0729. The van der Waals surface area contributed by atoms with Gasteiger partial charge in [-0.1, -0.05) is 0 Å². The fraction of sp³-hybridized carbons (Fsp3) is 0.133. The first-order valence-corrected chi connectivity index (χ1v) is 9.06. The number of halogens is 2. The first kappa shape index (κ1) is 17.0. The monoisotopic (exact) mass is 366 g/mol. The van der Waals surface area contributed by atoms with Crippen molar-refractivity contribution in [3.8, 4) is 11.1 Å². The fourth-order valence-corrected chi connectivity index (χ4v) is 2.77. The topological polar surface area (TPSA) is 93.4 Å². The molecule has 0 aliphatic carbocycles. The lowest BCUT2D eigenvalue weighted by Crippen LogP contribution is -2.22. The quantitative estimate of drug-likeness (QED) is 0.758. The number of sulfone groups is 1. The summed E-state index contributed by atoms with van der Waals surface area (Å²) in [6.07, 6.45) is 2.43. The van der Waals surface area contributed by atoms with E-state index in [1.807, 2.05) is 0 Å². The molecular formula is C15H12F2N4O3S. The number of hydrogen-bond donors (Lipinski definition) is 1. The highest BCUT2D eigenvalue weighted by molar-refractivity contribution is 7.91. The minimum Gasteiger partial charge on any atom is -0.292 e. The molecule has 3 rings (SSSR count). The third-order valence-corrected chi connectivity index (χ3v) is 3.96. The lowest BCUT2D eigenvalue weighted by molar-refractivity contribution is -0.113. The molecule has 0 aliphatic rings. The van der Waals surface area contributed by atoms with Crippen molar-refractivity contribution in [3.63, 3.8) is 0 Å². The highest BCUT2D eigenvalue weighted by atomic mass is 32.2. The van der Waals surface area contributed by atoms with E-state index < -0.39 is 33.1 Å². The molecule has 0 bridgehead atoms. The van der Waals surface area contributed by atoms with E-state index in [0.717, 1.165) is 12.3 Å². The summed E-state index contributed by atoms with van der Waals surface area (Å²) in [4.78, 5) is 15.6. The number of aromatic nitrogens is 3. The van der Waals surface area contributed by atoms with Crippen molar-refractivity contribution in [2.75, 3.05) is 17.3 Å². The highest BCUT2D eigenvalue weighted by Crippen LogP contribution is 2.22. The van der Waals surface area contributed by atoms with Gasteiger partial charge in [0.05, 0.1) is 0 Å². The summed E-state index contributed by atoms with van der Waals surface area (Å²) in [7, 11) is -3.47. The molecule has 7 nitrogen and oxygen atoms in total. The van der Waals surface area contributed by atoms with Gasteiger partial charge in [0.1, 0.15) is 17.4 Å². The van der Waals surface area contributed by atoms with E-state index in [9.17, 15) is 22.0 Å². The van der Waals surface area contributed by atoms with Gasteiger partial charge < -0.3 is 0 Å². The Morgan fingerprint density at radius 2 is 1.84 bits per heavy atom. The molecule has 0 radical (unpaired) electrons. The number of anilines is 1. The van der Waals surface area contributed by atoms with Crippen LogP contribution in [0.15, 0.2) is 36.5 Å². The number of hydrogen-bond acceptors (Lipinski definition) is 5. The third-order valence-electron chi connectivity index (χ3n) is 3.17. The van der Waals surface area contributed by atoms with Crippen LogP contribution in [0, 0.1) is 11.6 Å². The Kier molecular flexibility index (Phi) is 4.21. The second-order valence-electron chi connectivity index (χ2n) is 5.43. The van der Waals surface area contributed by atoms with Crippen LogP contribution in [0.5, 0.6) is 0 Å². The summed E-state index contributed by atoms with van der Waals surface area (Å²) in [5, 5.41) is 6.29. The average Bonchev–Trinajstić information content (AvgIpc) is 2.84. The van der Waals surface area contributed by atoms with Crippen molar-refractivity contribution in [2.24, 2.45) is 0 Å². The molecule has 2 aromatic heterocycles. The zero-order valence-corrected chi connectivity index (χ0v) is 13.7. The average molecular weight is 366 g/mol. The van der Waals surface area contributed by atoms with Gasteiger partial charge in [-0.25, -0.2) is 21.7 Å². The number of amides is 1. The normalized spacial score (nSPS) is 11.6. The molecular weight excluding hydrogens is 354 g/mol. The zero-order valence-electron chi connectivity index (χ0n) is 12.9. The number of pyridine rings is 1. The molecule has 1 amide bonds. The number of carbonyl (C=O) groups is 1. The van der Waals surface area contributed by atoms with Crippen LogP contribution in [0.25, 0.3) is 16.8 Å². The van der Waals surface area contributed by atoms with Gasteiger partial charge in [0.15, 0.2) is 15.5 Å². The van der Waals surface area contributed by atoms with E-state index in [1.54, 1.807) is 12.1 Å². The molecule has 2 heterocycles. The molecule has 1 N–H and O–H groups in total. The van der Waals surface area contributed by atoms with E-state index in [4.69, 9.17) is 0 Å². The molecule has 10 heteroatoms. The van der Waals surface area contributed by atoms with Gasteiger partial charge in [0.25, 0.3) is 0 Å². The molecule has 0 saturated heterocycles. The maximum atomic E-state index is 13.3. The van der Waals surface area contributed by atoms with Gasteiger partial charge in [-0.05, 0) is 29.8 Å². The number of rotatable bonds is 4. The van der Waals surface area contributed by atoms with Crippen molar-refractivity contribution in [1.29, 1.82) is 0 Å². The van der Waals surface area contributed by atoms with E-state index >= 15 is 0 Å². The van der Waals surface area contributed by atoms with Crippen molar-refractivity contribution < 1.29 is 22.0 Å². The molecule has 1 aromatic carbocycles. The van der Waals surface area contributed by atoms with Crippen LogP contribution >= 0.6 is 0 Å². The van der Waals surface area contributed by atoms with Crippen molar-refractivity contribution in [2.45, 2.75) is 0 Å². The second kappa shape index (κ2) is 6.20. The van der Waals surface area contributed by atoms with Crippen LogP contribution in [0.2, 0.25) is 0 Å². The van der Waals surface area contributed by atoms with Gasteiger partial charge in [-0.15, -0.1) is 5.10 Å². The van der Waals surface area contributed by atoms with Gasteiger partial charge in [-0.2, -0.15) is 4.98 Å². The number of nitrogens with one attached hydrogen (secondary N) is 1. The van der Waals surface area contributed by atoms with Crippen molar-refractivity contribution in [3.05, 3.63) is 48.2 Å². The summed E-state index contributed by atoms with van der Waals surface area (Å²) < 4.78 is 50.2. The lowest BCUT2D eigenvalue weighted by atomic mass is 10.1. The van der Waals surface area contributed by atoms with Crippen LogP contribution in [-0.2, 0) is 14.6 Å². The van der Waals surface area contributed by atoms with Gasteiger partial charge in [0.2, 0.25) is 11.9 Å². The summed E-state index contributed by atoms with van der Waals surface area (Å²) >= 11 is 0. The van der Waals surface area contributed by atoms with Crippen LogP contribution in [-0.4, -0.2) is 40.9 Å². The molecule has 0 atom stereocenters. The zero-order chi connectivity index (χ0) is 18.2. The number of nitrogens with zero attached hydrogens (tertiary/aromatic N) is 3. The third kappa shape index (κ3) is 4.15. The minimum atomic E-state index is -3.47. The van der Waals surface area contributed by atoms with E-state index in [-0.39, 0.29) is 5.95 Å². The first-order chi connectivity index (χ1) is 11.7. The Bertz CT molecular complexity index is 1060. The Balaban J connectivity index is 1.90. The predicted molar refractivity (Wildman–Crippen MR) is 86.7 cm³/mol. The van der Waals surface area contributed by atoms with E-state index in [2.05, 4.69) is 15.4 Å². The number of benzene rings is 1. The maximum Gasteiger partial charge on any atom is 0.249 e. The largest absolute Gasteiger partial charge is 0.292 e. The van der Waals surface area contributed by atoms with E-state index in [0.29, 0.717) is 16.8 Å². The maximum absolute atomic E-state index is 13.3. The predicted octanol–water partition coefficient (Wildman–Crippen LogP) is 1.66. The molecule has 25 heavy (non-hydrogen) atoms. The first-order valence-electron chi connectivity index (χ1n) is 7.00. The molecule has 3 aromatic rings. The Hall–Kier alpha value is -2.88. The van der Waals surface area contributed by atoms with Gasteiger partial charge >= 0.3 is 0 Å². The lowest BCUT2D eigenvalue weighted by Gasteiger charge is -2.02. The summed E-state index contributed by atoms with van der Waals surface area (Å²) in [6.45, 7) is 0. The Labute approximate surface area is 141 Å². The molecule has 0 spiro atoms. The Morgan fingerprint density at radius 3 is 2.48 bits per heavy atom. The van der Waals surface area contributed by atoms with E-state index in [1.165, 1.54) is 22.8 Å². The molecule has 0 aliphatic heterocycles. The van der Waals surface area contributed by atoms with Crippen LogP contribution in [0.4, 0.5) is 14.7 Å². The summed E-state index contributed by atoms with van der Waals surface area (Å²) in [5.74, 6) is -2.93. The molecule has 0 unspecified atom stereocenters. The molecule has 0 saturated carbocycles. The summed E-state index contributed by atoms with van der Waals surface area (Å²) in [5.41, 5.74) is 1.18. The van der Waals surface area contributed by atoms with Crippen LogP contribution in [0.1, 0.15) is 0 Å². The van der Waals surface area contributed by atoms with Crippen molar-refractivity contribution >= 4 is 27.3 Å². The standard InChI is InChI=1S/C15H12F2N4O3S/c1-25(23,24)8-14(22)19-15-18-13-3-2-9(7-21(13)20-15)10-4-11(16)6-12(17)5-10/h2-7H,8H2,1H3,(H,19,20,22).